The van der Waals surface area contributed by atoms with Crippen LogP contribution in [0.2, 0.25) is 0 Å². The molecule has 0 radical (unpaired) electrons. The maximum absolute atomic E-state index is 5.79. The quantitative estimate of drug-likeness (QED) is 0.899. The Bertz CT molecular complexity index is 295. The van der Waals surface area contributed by atoms with Crippen LogP contribution in [0.3, 0.4) is 0 Å². The summed E-state index contributed by atoms with van der Waals surface area (Å²) in [5, 5.41) is 0. The molecular formula is C11H14BrNO. The minimum atomic E-state index is 0.455. The first kappa shape index (κ1) is 10.1. The molecule has 1 heterocycles. The van der Waals surface area contributed by atoms with E-state index in [1.165, 1.54) is 5.56 Å². The lowest BCUT2D eigenvalue weighted by molar-refractivity contribution is -0.0437. The standard InChI is InChI=1S/C11H14BrNO/c12-10-3-1-8(2-4-10)11(5-13)9-6-14-7-9/h1-4,9,11H,5-7,13H2. The van der Waals surface area contributed by atoms with Gasteiger partial charge in [0.15, 0.2) is 0 Å². The second-order valence-electron chi connectivity index (χ2n) is 3.69. The first-order valence-electron chi connectivity index (χ1n) is 4.84. The molecule has 1 atom stereocenters. The first-order valence-corrected chi connectivity index (χ1v) is 5.64. The zero-order valence-corrected chi connectivity index (χ0v) is 9.53. The fraction of sp³-hybridized carbons (Fsp3) is 0.455. The van der Waals surface area contributed by atoms with Crippen LogP contribution in [0.15, 0.2) is 28.7 Å². The Labute approximate surface area is 92.6 Å². The molecule has 0 aromatic heterocycles. The summed E-state index contributed by atoms with van der Waals surface area (Å²) < 4.78 is 6.31. The largest absolute Gasteiger partial charge is 0.381 e. The Hall–Kier alpha value is -0.380. The third kappa shape index (κ3) is 2.00. The molecule has 0 amide bonds. The van der Waals surface area contributed by atoms with Gasteiger partial charge in [-0.25, -0.2) is 0 Å². The summed E-state index contributed by atoms with van der Waals surface area (Å²) in [7, 11) is 0. The number of ether oxygens (including phenoxy) is 1. The first-order chi connectivity index (χ1) is 6.81. The summed E-state index contributed by atoms with van der Waals surface area (Å²) in [5.74, 6) is 1.07. The fourth-order valence-electron chi connectivity index (χ4n) is 1.80. The monoisotopic (exact) mass is 255 g/mol. The Morgan fingerprint density at radius 1 is 1.36 bits per heavy atom. The molecule has 1 aromatic rings. The molecule has 1 aromatic carbocycles. The van der Waals surface area contributed by atoms with Crippen molar-refractivity contribution in [2.45, 2.75) is 5.92 Å². The molecule has 1 aliphatic heterocycles. The Balaban J connectivity index is 2.14. The molecule has 0 saturated carbocycles. The number of nitrogens with two attached hydrogens (primary N) is 1. The topological polar surface area (TPSA) is 35.2 Å². The molecule has 2 N–H and O–H groups in total. The molecule has 1 unspecified atom stereocenters. The van der Waals surface area contributed by atoms with Gasteiger partial charge in [-0.2, -0.15) is 0 Å². The molecule has 1 fully saturated rings. The van der Waals surface area contributed by atoms with Crippen LogP contribution in [0.25, 0.3) is 0 Å². The summed E-state index contributed by atoms with van der Waals surface area (Å²) >= 11 is 3.43. The van der Waals surface area contributed by atoms with Gasteiger partial charge in [0.1, 0.15) is 0 Å². The highest BCUT2D eigenvalue weighted by atomic mass is 79.9. The van der Waals surface area contributed by atoms with Gasteiger partial charge in [-0.1, -0.05) is 28.1 Å². The molecule has 1 saturated heterocycles. The minimum absolute atomic E-state index is 0.455. The van der Waals surface area contributed by atoms with E-state index >= 15 is 0 Å². The van der Waals surface area contributed by atoms with Gasteiger partial charge in [0.05, 0.1) is 13.2 Å². The van der Waals surface area contributed by atoms with Crippen molar-refractivity contribution >= 4 is 15.9 Å². The Morgan fingerprint density at radius 3 is 2.43 bits per heavy atom. The van der Waals surface area contributed by atoms with Crippen molar-refractivity contribution < 1.29 is 4.74 Å². The molecular weight excluding hydrogens is 242 g/mol. The van der Waals surface area contributed by atoms with Gasteiger partial charge in [0, 0.05) is 16.3 Å². The predicted molar refractivity (Wildman–Crippen MR) is 60.2 cm³/mol. The summed E-state index contributed by atoms with van der Waals surface area (Å²) in [4.78, 5) is 0. The van der Waals surface area contributed by atoms with Crippen LogP contribution >= 0.6 is 15.9 Å². The number of hydrogen-bond acceptors (Lipinski definition) is 2. The predicted octanol–water partition coefficient (Wildman–Crippen LogP) is 2.14. The van der Waals surface area contributed by atoms with Crippen LogP contribution in [0, 0.1) is 5.92 Å². The fourth-order valence-corrected chi connectivity index (χ4v) is 2.06. The van der Waals surface area contributed by atoms with Crippen LogP contribution in [-0.2, 0) is 4.74 Å². The van der Waals surface area contributed by atoms with Crippen molar-refractivity contribution in [2.75, 3.05) is 19.8 Å². The second-order valence-corrected chi connectivity index (χ2v) is 4.61. The van der Waals surface area contributed by atoms with Crippen LogP contribution in [0.4, 0.5) is 0 Å². The van der Waals surface area contributed by atoms with Gasteiger partial charge >= 0.3 is 0 Å². The van der Waals surface area contributed by atoms with Gasteiger partial charge in [-0.3, -0.25) is 0 Å². The number of benzene rings is 1. The van der Waals surface area contributed by atoms with Crippen LogP contribution in [-0.4, -0.2) is 19.8 Å². The zero-order chi connectivity index (χ0) is 9.97. The van der Waals surface area contributed by atoms with Crippen molar-refractivity contribution in [3.8, 4) is 0 Å². The van der Waals surface area contributed by atoms with Crippen molar-refractivity contribution in [1.82, 2.24) is 0 Å². The third-order valence-corrected chi connectivity index (χ3v) is 3.31. The van der Waals surface area contributed by atoms with E-state index in [0.29, 0.717) is 18.4 Å². The van der Waals surface area contributed by atoms with E-state index in [4.69, 9.17) is 10.5 Å². The second kappa shape index (κ2) is 4.43. The normalized spacial score (nSPS) is 19.0. The van der Waals surface area contributed by atoms with Crippen LogP contribution < -0.4 is 5.73 Å². The Kier molecular flexibility index (Phi) is 3.21. The van der Waals surface area contributed by atoms with Crippen molar-refractivity contribution in [1.29, 1.82) is 0 Å². The highest BCUT2D eigenvalue weighted by Gasteiger charge is 2.28. The molecule has 0 spiro atoms. The highest BCUT2D eigenvalue weighted by molar-refractivity contribution is 9.10. The van der Waals surface area contributed by atoms with Gasteiger partial charge in [0.2, 0.25) is 0 Å². The van der Waals surface area contributed by atoms with Gasteiger partial charge in [-0.15, -0.1) is 0 Å². The number of halogens is 1. The molecule has 3 heteroatoms. The summed E-state index contributed by atoms with van der Waals surface area (Å²) in [5.41, 5.74) is 7.11. The minimum Gasteiger partial charge on any atom is -0.381 e. The van der Waals surface area contributed by atoms with Gasteiger partial charge in [-0.05, 0) is 24.2 Å². The number of hydrogen-bond donors (Lipinski definition) is 1. The maximum Gasteiger partial charge on any atom is 0.0522 e. The SMILES string of the molecule is NCC(c1ccc(Br)cc1)C1COC1. The highest BCUT2D eigenvalue weighted by Crippen LogP contribution is 2.29. The van der Waals surface area contributed by atoms with E-state index in [9.17, 15) is 0 Å². The zero-order valence-electron chi connectivity index (χ0n) is 7.95. The Morgan fingerprint density at radius 2 is 2.00 bits per heavy atom. The van der Waals surface area contributed by atoms with Gasteiger partial charge < -0.3 is 10.5 Å². The van der Waals surface area contributed by atoms with E-state index in [1.807, 2.05) is 0 Å². The van der Waals surface area contributed by atoms with Crippen molar-refractivity contribution in [3.05, 3.63) is 34.3 Å². The number of rotatable bonds is 3. The van der Waals surface area contributed by atoms with Gasteiger partial charge in [0.25, 0.3) is 0 Å². The molecule has 14 heavy (non-hydrogen) atoms. The molecule has 0 aliphatic carbocycles. The average Bonchev–Trinajstić information content (AvgIpc) is 2.13. The summed E-state index contributed by atoms with van der Waals surface area (Å²) in [6, 6.07) is 8.41. The smallest absolute Gasteiger partial charge is 0.0522 e. The van der Waals surface area contributed by atoms with E-state index in [-0.39, 0.29) is 0 Å². The van der Waals surface area contributed by atoms with Crippen molar-refractivity contribution in [3.63, 3.8) is 0 Å². The van der Waals surface area contributed by atoms with E-state index in [1.54, 1.807) is 0 Å². The lowest BCUT2D eigenvalue weighted by atomic mass is 9.85. The average molecular weight is 256 g/mol. The van der Waals surface area contributed by atoms with E-state index in [2.05, 4.69) is 40.2 Å². The summed E-state index contributed by atoms with van der Waals surface area (Å²) in [6.07, 6.45) is 0. The van der Waals surface area contributed by atoms with E-state index < -0.39 is 0 Å². The lowest BCUT2D eigenvalue weighted by Crippen LogP contribution is -2.36. The molecule has 2 nitrogen and oxygen atoms in total. The van der Waals surface area contributed by atoms with Crippen molar-refractivity contribution in [2.24, 2.45) is 11.7 Å². The molecule has 2 rings (SSSR count). The van der Waals surface area contributed by atoms with E-state index in [0.717, 1.165) is 17.7 Å². The summed E-state index contributed by atoms with van der Waals surface area (Å²) in [6.45, 7) is 2.42. The lowest BCUT2D eigenvalue weighted by Gasteiger charge is -2.33. The maximum atomic E-state index is 5.79. The molecule has 0 bridgehead atoms. The molecule has 76 valence electrons. The third-order valence-electron chi connectivity index (χ3n) is 2.78. The molecule has 1 aliphatic rings. The van der Waals surface area contributed by atoms with Crippen LogP contribution in [0.1, 0.15) is 11.5 Å². The van der Waals surface area contributed by atoms with Crippen LogP contribution in [0.5, 0.6) is 0 Å².